The summed E-state index contributed by atoms with van der Waals surface area (Å²) < 4.78 is 1.93. The SMILES string of the molecule is CC(C)Cn1c2c(ccc1=O)C(N)CC(C)(C)C2. The van der Waals surface area contributed by atoms with Gasteiger partial charge in [-0.2, -0.15) is 0 Å². The van der Waals surface area contributed by atoms with Crippen molar-refractivity contribution in [1.29, 1.82) is 0 Å². The molecule has 1 atom stereocenters. The van der Waals surface area contributed by atoms with Gasteiger partial charge in [0.25, 0.3) is 5.56 Å². The minimum Gasteiger partial charge on any atom is -0.324 e. The Morgan fingerprint density at radius 2 is 2.11 bits per heavy atom. The molecule has 1 aliphatic rings. The summed E-state index contributed by atoms with van der Waals surface area (Å²) in [5, 5.41) is 0. The highest BCUT2D eigenvalue weighted by atomic mass is 16.1. The largest absolute Gasteiger partial charge is 0.324 e. The molecule has 0 radical (unpaired) electrons. The van der Waals surface area contributed by atoms with E-state index in [9.17, 15) is 4.79 Å². The van der Waals surface area contributed by atoms with Crippen molar-refractivity contribution in [1.82, 2.24) is 4.57 Å². The maximum atomic E-state index is 12.1. The van der Waals surface area contributed by atoms with Crippen molar-refractivity contribution >= 4 is 0 Å². The van der Waals surface area contributed by atoms with Gasteiger partial charge in [-0.3, -0.25) is 4.79 Å². The number of hydrogen-bond acceptors (Lipinski definition) is 2. The first-order chi connectivity index (χ1) is 8.30. The highest BCUT2D eigenvalue weighted by molar-refractivity contribution is 5.29. The lowest BCUT2D eigenvalue weighted by atomic mass is 9.74. The molecule has 0 saturated carbocycles. The Morgan fingerprint density at radius 1 is 1.44 bits per heavy atom. The van der Waals surface area contributed by atoms with E-state index in [0.29, 0.717) is 5.92 Å². The molecule has 1 unspecified atom stereocenters. The predicted molar refractivity (Wildman–Crippen MR) is 74.6 cm³/mol. The zero-order valence-corrected chi connectivity index (χ0v) is 11.9. The minimum atomic E-state index is 0.0581. The molecule has 0 aromatic carbocycles. The molecule has 3 nitrogen and oxygen atoms in total. The quantitative estimate of drug-likeness (QED) is 0.874. The highest BCUT2D eigenvalue weighted by Gasteiger charge is 2.32. The fraction of sp³-hybridized carbons (Fsp3) is 0.667. The molecule has 18 heavy (non-hydrogen) atoms. The zero-order chi connectivity index (χ0) is 13.5. The van der Waals surface area contributed by atoms with Gasteiger partial charge in [-0.05, 0) is 29.7 Å². The first-order valence-corrected chi connectivity index (χ1v) is 6.78. The van der Waals surface area contributed by atoms with E-state index in [2.05, 4.69) is 27.7 Å². The molecular weight excluding hydrogens is 224 g/mol. The second kappa shape index (κ2) is 4.54. The molecule has 3 heteroatoms. The third kappa shape index (κ3) is 2.51. The van der Waals surface area contributed by atoms with E-state index < -0.39 is 0 Å². The van der Waals surface area contributed by atoms with Gasteiger partial charge in [0.05, 0.1) is 0 Å². The molecule has 1 aromatic heterocycles. The van der Waals surface area contributed by atoms with Crippen LogP contribution in [0.3, 0.4) is 0 Å². The van der Waals surface area contributed by atoms with Gasteiger partial charge in [0.2, 0.25) is 0 Å². The minimum absolute atomic E-state index is 0.0581. The Balaban J connectivity index is 2.55. The lowest BCUT2D eigenvalue weighted by Crippen LogP contribution is -2.36. The Hall–Kier alpha value is -1.09. The van der Waals surface area contributed by atoms with Gasteiger partial charge in [0, 0.05) is 24.3 Å². The van der Waals surface area contributed by atoms with E-state index in [1.165, 1.54) is 0 Å². The molecule has 1 aromatic rings. The van der Waals surface area contributed by atoms with Crippen molar-refractivity contribution in [2.75, 3.05) is 0 Å². The van der Waals surface area contributed by atoms with Crippen molar-refractivity contribution in [3.05, 3.63) is 33.7 Å². The standard InChI is InChI=1S/C15H24N2O/c1-10(2)9-17-13-8-15(3,4)7-12(16)11(13)5-6-14(17)18/h5-6,10,12H,7-9,16H2,1-4H3. The molecule has 0 fully saturated rings. The van der Waals surface area contributed by atoms with E-state index in [1.807, 2.05) is 10.6 Å². The number of nitrogens with two attached hydrogens (primary N) is 1. The van der Waals surface area contributed by atoms with Crippen LogP contribution in [0, 0.1) is 11.3 Å². The van der Waals surface area contributed by atoms with E-state index in [-0.39, 0.29) is 17.0 Å². The fourth-order valence-electron chi connectivity index (χ4n) is 2.97. The van der Waals surface area contributed by atoms with Crippen molar-refractivity contribution < 1.29 is 0 Å². The first-order valence-electron chi connectivity index (χ1n) is 6.78. The third-order valence-electron chi connectivity index (χ3n) is 3.70. The molecule has 0 amide bonds. The van der Waals surface area contributed by atoms with Gasteiger partial charge in [-0.15, -0.1) is 0 Å². The number of hydrogen-bond donors (Lipinski definition) is 1. The van der Waals surface area contributed by atoms with Crippen LogP contribution in [0.2, 0.25) is 0 Å². The molecule has 0 saturated heterocycles. The summed E-state index contributed by atoms with van der Waals surface area (Å²) in [6.07, 6.45) is 1.93. The Labute approximate surface area is 109 Å². The first kappa shape index (κ1) is 13.3. The fourth-order valence-corrected chi connectivity index (χ4v) is 2.97. The van der Waals surface area contributed by atoms with Crippen molar-refractivity contribution in [2.24, 2.45) is 17.1 Å². The average Bonchev–Trinajstić information content (AvgIpc) is 2.20. The highest BCUT2D eigenvalue weighted by Crippen LogP contribution is 2.38. The van der Waals surface area contributed by atoms with Crippen LogP contribution in [-0.2, 0) is 13.0 Å². The Bertz CT molecular complexity index is 500. The van der Waals surface area contributed by atoms with Crippen LogP contribution in [-0.4, -0.2) is 4.57 Å². The van der Waals surface area contributed by atoms with E-state index >= 15 is 0 Å². The van der Waals surface area contributed by atoms with Gasteiger partial charge in [0.15, 0.2) is 0 Å². The van der Waals surface area contributed by atoms with E-state index in [0.717, 1.165) is 30.6 Å². The second-order valence-electron chi connectivity index (χ2n) is 6.73. The summed E-state index contributed by atoms with van der Waals surface area (Å²) in [6, 6.07) is 3.65. The molecule has 1 heterocycles. The summed E-state index contributed by atoms with van der Waals surface area (Å²) in [5.74, 6) is 0.468. The van der Waals surface area contributed by atoms with Crippen LogP contribution in [0.5, 0.6) is 0 Å². The molecule has 2 rings (SSSR count). The van der Waals surface area contributed by atoms with Gasteiger partial charge in [0.1, 0.15) is 0 Å². The maximum Gasteiger partial charge on any atom is 0.250 e. The third-order valence-corrected chi connectivity index (χ3v) is 3.70. The summed E-state index contributed by atoms with van der Waals surface area (Å²) in [6.45, 7) is 9.52. The van der Waals surface area contributed by atoms with Crippen LogP contribution in [0.15, 0.2) is 16.9 Å². The second-order valence-corrected chi connectivity index (χ2v) is 6.73. The van der Waals surface area contributed by atoms with Gasteiger partial charge in [-0.1, -0.05) is 33.8 Å². The van der Waals surface area contributed by atoms with Gasteiger partial charge < -0.3 is 10.3 Å². The monoisotopic (exact) mass is 248 g/mol. The average molecular weight is 248 g/mol. The van der Waals surface area contributed by atoms with Crippen molar-refractivity contribution in [3.8, 4) is 0 Å². The summed E-state index contributed by atoms with van der Waals surface area (Å²) in [5.41, 5.74) is 8.85. The molecule has 1 aliphatic carbocycles. The zero-order valence-electron chi connectivity index (χ0n) is 11.9. The Morgan fingerprint density at radius 3 is 2.72 bits per heavy atom. The van der Waals surface area contributed by atoms with E-state index in [1.54, 1.807) is 6.07 Å². The van der Waals surface area contributed by atoms with Crippen molar-refractivity contribution in [3.63, 3.8) is 0 Å². The summed E-state index contributed by atoms with van der Waals surface area (Å²) >= 11 is 0. The molecular formula is C15H24N2O. The number of aromatic nitrogens is 1. The topological polar surface area (TPSA) is 48.0 Å². The lowest BCUT2D eigenvalue weighted by Gasteiger charge is -2.36. The van der Waals surface area contributed by atoms with Crippen molar-refractivity contribution in [2.45, 2.75) is 53.1 Å². The van der Waals surface area contributed by atoms with Crippen LogP contribution in [0.1, 0.15) is 51.4 Å². The van der Waals surface area contributed by atoms with E-state index in [4.69, 9.17) is 5.73 Å². The number of nitrogens with zero attached hydrogens (tertiary/aromatic N) is 1. The predicted octanol–water partition coefficient (Wildman–Crippen LogP) is 2.48. The molecule has 0 spiro atoms. The molecule has 0 aliphatic heterocycles. The van der Waals surface area contributed by atoms with Crippen LogP contribution in [0.25, 0.3) is 0 Å². The molecule has 2 N–H and O–H groups in total. The van der Waals surface area contributed by atoms with Crippen LogP contribution >= 0.6 is 0 Å². The normalized spacial score (nSPS) is 22.0. The van der Waals surface area contributed by atoms with Gasteiger partial charge in [-0.25, -0.2) is 0 Å². The maximum absolute atomic E-state index is 12.1. The molecule has 0 bridgehead atoms. The van der Waals surface area contributed by atoms with Crippen LogP contribution in [0.4, 0.5) is 0 Å². The number of fused-ring (bicyclic) bond motifs is 1. The number of pyridine rings is 1. The van der Waals surface area contributed by atoms with Gasteiger partial charge >= 0.3 is 0 Å². The smallest absolute Gasteiger partial charge is 0.250 e. The van der Waals surface area contributed by atoms with Crippen LogP contribution < -0.4 is 11.3 Å². The molecule has 100 valence electrons. The lowest BCUT2D eigenvalue weighted by molar-refractivity contribution is 0.268. The number of rotatable bonds is 2. The summed E-state index contributed by atoms with van der Waals surface area (Å²) in [4.78, 5) is 12.1. The Kier molecular flexibility index (Phi) is 3.37. The summed E-state index contributed by atoms with van der Waals surface area (Å²) in [7, 11) is 0.